The molecule has 28 heavy (non-hydrogen) atoms. The predicted molar refractivity (Wildman–Crippen MR) is 109 cm³/mol. The van der Waals surface area contributed by atoms with E-state index in [0.717, 1.165) is 16.8 Å². The van der Waals surface area contributed by atoms with Gasteiger partial charge in [-0.05, 0) is 34.0 Å². The molecule has 0 aliphatic rings. The SMILES string of the molecule is COC(=O)c1c(N)c(C#N)cn1-c1ccc(-c2cccc3ccccc23)cc1. The van der Waals surface area contributed by atoms with Crippen LogP contribution >= 0.6 is 0 Å². The first-order chi connectivity index (χ1) is 13.6. The highest BCUT2D eigenvalue weighted by Crippen LogP contribution is 2.30. The van der Waals surface area contributed by atoms with Crippen molar-refractivity contribution >= 4 is 22.4 Å². The van der Waals surface area contributed by atoms with Crippen molar-refractivity contribution in [3.8, 4) is 22.9 Å². The van der Waals surface area contributed by atoms with Gasteiger partial charge in [-0.2, -0.15) is 5.26 Å². The van der Waals surface area contributed by atoms with Crippen molar-refractivity contribution in [1.29, 1.82) is 5.26 Å². The number of aromatic nitrogens is 1. The average Bonchev–Trinajstić information content (AvgIpc) is 3.09. The second-order valence-corrected chi connectivity index (χ2v) is 6.35. The molecule has 0 aliphatic carbocycles. The molecule has 2 N–H and O–H groups in total. The van der Waals surface area contributed by atoms with Crippen LogP contribution in [-0.4, -0.2) is 17.6 Å². The van der Waals surface area contributed by atoms with Gasteiger partial charge in [-0.1, -0.05) is 54.6 Å². The van der Waals surface area contributed by atoms with Crippen molar-refractivity contribution in [2.75, 3.05) is 12.8 Å². The summed E-state index contributed by atoms with van der Waals surface area (Å²) in [5.41, 5.74) is 9.37. The number of ether oxygens (including phenoxy) is 1. The Morgan fingerprint density at radius 3 is 2.46 bits per heavy atom. The van der Waals surface area contributed by atoms with Crippen LogP contribution in [-0.2, 0) is 4.74 Å². The van der Waals surface area contributed by atoms with Crippen LogP contribution in [0.1, 0.15) is 16.1 Å². The van der Waals surface area contributed by atoms with Crippen molar-refractivity contribution in [2.45, 2.75) is 0 Å². The molecule has 5 nitrogen and oxygen atoms in total. The summed E-state index contributed by atoms with van der Waals surface area (Å²) in [6, 6.07) is 24.2. The van der Waals surface area contributed by atoms with Crippen LogP contribution in [0.5, 0.6) is 0 Å². The lowest BCUT2D eigenvalue weighted by atomic mass is 9.98. The van der Waals surface area contributed by atoms with Crippen LogP contribution in [0.15, 0.2) is 72.9 Å². The predicted octanol–water partition coefficient (Wildman–Crippen LogP) is 4.54. The minimum atomic E-state index is -0.586. The molecular weight excluding hydrogens is 350 g/mol. The molecule has 1 aromatic heterocycles. The first-order valence-electron chi connectivity index (χ1n) is 8.72. The molecule has 1 heterocycles. The Kier molecular flexibility index (Phi) is 4.30. The topological polar surface area (TPSA) is 81.0 Å². The molecule has 136 valence electrons. The van der Waals surface area contributed by atoms with Crippen LogP contribution < -0.4 is 5.73 Å². The van der Waals surface area contributed by atoms with E-state index in [4.69, 9.17) is 10.5 Å². The van der Waals surface area contributed by atoms with E-state index in [-0.39, 0.29) is 16.9 Å². The lowest BCUT2D eigenvalue weighted by molar-refractivity contribution is 0.0593. The number of carbonyl (C=O) groups is 1. The van der Waals surface area contributed by atoms with Crippen LogP contribution in [0.25, 0.3) is 27.6 Å². The van der Waals surface area contributed by atoms with Crippen molar-refractivity contribution < 1.29 is 9.53 Å². The van der Waals surface area contributed by atoms with Crippen molar-refractivity contribution in [1.82, 2.24) is 4.57 Å². The summed E-state index contributed by atoms with van der Waals surface area (Å²) in [5.74, 6) is -0.586. The molecule has 0 unspecified atom stereocenters. The van der Waals surface area contributed by atoms with Gasteiger partial charge < -0.3 is 15.0 Å². The van der Waals surface area contributed by atoms with E-state index < -0.39 is 5.97 Å². The number of fused-ring (bicyclic) bond motifs is 1. The molecule has 4 aromatic rings. The number of hydrogen-bond donors (Lipinski definition) is 1. The number of methoxy groups -OCH3 is 1. The number of nitriles is 1. The summed E-state index contributed by atoms with van der Waals surface area (Å²) in [6.45, 7) is 0. The highest BCUT2D eigenvalue weighted by Gasteiger charge is 2.21. The molecule has 3 aromatic carbocycles. The van der Waals surface area contributed by atoms with Crippen LogP contribution in [0.4, 0.5) is 5.69 Å². The maximum absolute atomic E-state index is 12.2. The fourth-order valence-electron chi connectivity index (χ4n) is 3.40. The standard InChI is InChI=1S/C23H17N3O2/c1-28-23(27)22-21(25)17(13-24)14-26(22)18-11-9-16(10-12-18)20-8-4-6-15-5-2-3-7-19(15)20/h2-12,14H,25H2,1H3. The molecule has 0 radical (unpaired) electrons. The second-order valence-electron chi connectivity index (χ2n) is 6.35. The van der Waals surface area contributed by atoms with Crippen molar-refractivity contribution in [2.24, 2.45) is 0 Å². The fraction of sp³-hybridized carbons (Fsp3) is 0.0435. The van der Waals surface area contributed by atoms with Gasteiger partial charge in [0.15, 0.2) is 5.69 Å². The van der Waals surface area contributed by atoms with E-state index in [1.807, 2.05) is 48.5 Å². The molecule has 0 saturated heterocycles. The Bertz CT molecular complexity index is 1230. The minimum Gasteiger partial charge on any atom is -0.464 e. The maximum atomic E-state index is 12.2. The Morgan fingerprint density at radius 1 is 1.04 bits per heavy atom. The van der Waals surface area contributed by atoms with E-state index in [1.165, 1.54) is 17.9 Å². The summed E-state index contributed by atoms with van der Waals surface area (Å²) in [4.78, 5) is 12.2. The van der Waals surface area contributed by atoms with E-state index in [9.17, 15) is 10.1 Å². The van der Waals surface area contributed by atoms with Gasteiger partial charge in [-0.3, -0.25) is 0 Å². The molecule has 5 heteroatoms. The van der Waals surface area contributed by atoms with Gasteiger partial charge in [-0.25, -0.2) is 4.79 Å². The lowest BCUT2D eigenvalue weighted by Crippen LogP contribution is -2.11. The highest BCUT2D eigenvalue weighted by atomic mass is 16.5. The Hall–Kier alpha value is -4.04. The van der Waals surface area contributed by atoms with Gasteiger partial charge in [0.05, 0.1) is 18.4 Å². The normalized spacial score (nSPS) is 10.6. The van der Waals surface area contributed by atoms with E-state index in [2.05, 4.69) is 24.3 Å². The third-order valence-electron chi connectivity index (χ3n) is 4.79. The van der Waals surface area contributed by atoms with Gasteiger partial charge in [0.2, 0.25) is 0 Å². The number of anilines is 1. The first kappa shape index (κ1) is 17.4. The number of nitrogens with two attached hydrogens (primary N) is 1. The fourth-order valence-corrected chi connectivity index (χ4v) is 3.40. The van der Waals surface area contributed by atoms with E-state index in [0.29, 0.717) is 0 Å². The van der Waals surface area contributed by atoms with Gasteiger partial charge in [0.1, 0.15) is 6.07 Å². The zero-order chi connectivity index (χ0) is 19.7. The summed E-state index contributed by atoms with van der Waals surface area (Å²) >= 11 is 0. The lowest BCUT2D eigenvalue weighted by Gasteiger charge is -2.11. The molecule has 4 rings (SSSR count). The number of esters is 1. The zero-order valence-corrected chi connectivity index (χ0v) is 15.2. The number of hydrogen-bond acceptors (Lipinski definition) is 4. The van der Waals surface area contributed by atoms with Crippen LogP contribution in [0.3, 0.4) is 0 Å². The van der Waals surface area contributed by atoms with E-state index >= 15 is 0 Å². The van der Waals surface area contributed by atoms with Crippen molar-refractivity contribution in [3.63, 3.8) is 0 Å². The summed E-state index contributed by atoms with van der Waals surface area (Å²) in [7, 11) is 1.29. The summed E-state index contributed by atoms with van der Waals surface area (Å²) < 4.78 is 6.42. The maximum Gasteiger partial charge on any atom is 0.357 e. The summed E-state index contributed by atoms with van der Waals surface area (Å²) in [6.07, 6.45) is 1.55. The first-order valence-corrected chi connectivity index (χ1v) is 8.72. The molecule has 0 aliphatic heterocycles. The molecule has 0 atom stereocenters. The number of nitrogens with zero attached hydrogens (tertiary/aromatic N) is 2. The summed E-state index contributed by atoms with van der Waals surface area (Å²) in [5, 5.41) is 11.6. The van der Waals surface area contributed by atoms with E-state index in [1.54, 1.807) is 10.8 Å². The number of carbonyl (C=O) groups excluding carboxylic acids is 1. The molecule has 0 spiro atoms. The Morgan fingerprint density at radius 2 is 1.75 bits per heavy atom. The second kappa shape index (κ2) is 6.93. The average molecular weight is 367 g/mol. The van der Waals surface area contributed by atoms with Gasteiger partial charge in [-0.15, -0.1) is 0 Å². The zero-order valence-electron chi connectivity index (χ0n) is 15.2. The third kappa shape index (κ3) is 2.78. The quantitative estimate of drug-likeness (QED) is 0.539. The monoisotopic (exact) mass is 367 g/mol. The van der Waals surface area contributed by atoms with Crippen molar-refractivity contribution in [3.05, 3.63) is 84.2 Å². The minimum absolute atomic E-state index is 0.118. The molecule has 0 fully saturated rings. The third-order valence-corrected chi connectivity index (χ3v) is 4.79. The van der Waals surface area contributed by atoms with Crippen LogP contribution in [0, 0.1) is 11.3 Å². The number of benzene rings is 3. The largest absolute Gasteiger partial charge is 0.464 e. The number of nitrogen functional groups attached to an aromatic ring is 1. The van der Waals surface area contributed by atoms with Gasteiger partial charge in [0.25, 0.3) is 0 Å². The molecule has 0 bridgehead atoms. The molecule has 0 amide bonds. The Labute approximate surface area is 162 Å². The Balaban J connectivity index is 1.81. The van der Waals surface area contributed by atoms with Gasteiger partial charge >= 0.3 is 5.97 Å². The molecular formula is C23H17N3O2. The van der Waals surface area contributed by atoms with Gasteiger partial charge in [0, 0.05) is 11.9 Å². The number of rotatable bonds is 3. The highest BCUT2D eigenvalue weighted by molar-refractivity contribution is 5.97. The molecule has 0 saturated carbocycles. The van der Waals surface area contributed by atoms with Crippen LogP contribution in [0.2, 0.25) is 0 Å². The smallest absolute Gasteiger partial charge is 0.357 e.